The Morgan fingerprint density at radius 2 is 2.23 bits per heavy atom. The number of thioether (sulfide) groups is 1. The molecule has 6 heteroatoms. The zero-order chi connectivity index (χ0) is 8.93. The van der Waals surface area contributed by atoms with E-state index < -0.39 is 0 Å². The summed E-state index contributed by atoms with van der Waals surface area (Å²) in [6.45, 7) is 2.92. The molecule has 2 rings (SSSR count). The van der Waals surface area contributed by atoms with Gasteiger partial charge in [-0.25, -0.2) is 0 Å². The summed E-state index contributed by atoms with van der Waals surface area (Å²) in [5.74, 6) is 1.60. The smallest absolute Gasteiger partial charge is 0.270 e. The Hall–Kier alpha value is -0.750. The third-order valence-electron chi connectivity index (χ3n) is 1.60. The molecule has 2 saturated heterocycles. The number of ether oxygens (including phenoxy) is 2. The fourth-order valence-electron chi connectivity index (χ4n) is 1.01. The molecular weight excluding hydrogens is 190 g/mol. The number of nitrogens with one attached hydrogen (secondary N) is 1. The van der Waals surface area contributed by atoms with Gasteiger partial charge in [0.15, 0.2) is 0 Å². The molecule has 0 amide bonds. The van der Waals surface area contributed by atoms with Gasteiger partial charge in [0, 0.05) is 12.3 Å². The Bertz CT molecular complexity index is 226. The van der Waals surface area contributed by atoms with E-state index in [0.29, 0.717) is 24.3 Å². The Morgan fingerprint density at radius 1 is 1.23 bits per heavy atom. The molecule has 0 bridgehead atoms. The summed E-state index contributed by atoms with van der Waals surface area (Å²) < 4.78 is 10.4. The maximum Gasteiger partial charge on any atom is 0.270 e. The van der Waals surface area contributed by atoms with Crippen LogP contribution in [0.1, 0.15) is 0 Å². The van der Waals surface area contributed by atoms with Crippen LogP contribution >= 0.6 is 11.8 Å². The van der Waals surface area contributed by atoms with Crippen LogP contribution in [-0.2, 0) is 9.47 Å². The van der Waals surface area contributed by atoms with E-state index in [9.17, 15) is 0 Å². The molecule has 0 aromatic rings. The summed E-state index contributed by atoms with van der Waals surface area (Å²) in [6, 6.07) is 0. The molecule has 1 N–H and O–H groups in total. The van der Waals surface area contributed by atoms with Crippen molar-refractivity contribution in [3.8, 4) is 0 Å². The Labute approximate surface area is 80.6 Å². The van der Waals surface area contributed by atoms with Crippen molar-refractivity contribution >= 4 is 22.9 Å². The van der Waals surface area contributed by atoms with E-state index in [1.54, 1.807) is 11.8 Å². The molecule has 2 aliphatic rings. The van der Waals surface area contributed by atoms with Crippen LogP contribution in [0.25, 0.3) is 0 Å². The van der Waals surface area contributed by atoms with Gasteiger partial charge in [-0.15, -0.1) is 10.2 Å². The molecule has 2 heterocycles. The van der Waals surface area contributed by atoms with Crippen molar-refractivity contribution in [2.45, 2.75) is 0 Å². The molecule has 72 valence electrons. The second-order valence-corrected chi connectivity index (χ2v) is 3.63. The first-order valence-electron chi connectivity index (χ1n) is 4.19. The number of morpholine rings is 1. The first-order valence-corrected chi connectivity index (χ1v) is 5.17. The summed E-state index contributed by atoms with van der Waals surface area (Å²) in [7, 11) is 0. The summed E-state index contributed by atoms with van der Waals surface area (Å²) in [6.07, 6.45) is 0. The monoisotopic (exact) mass is 201 g/mol. The average molecular weight is 201 g/mol. The zero-order valence-electron chi connectivity index (χ0n) is 7.15. The van der Waals surface area contributed by atoms with Crippen LogP contribution < -0.4 is 5.32 Å². The molecule has 0 spiro atoms. The van der Waals surface area contributed by atoms with Gasteiger partial charge in [-0.1, -0.05) is 11.8 Å². The molecular formula is C7H11N3O2S. The van der Waals surface area contributed by atoms with Crippen molar-refractivity contribution in [2.24, 2.45) is 10.2 Å². The maximum absolute atomic E-state index is 5.25. The molecule has 0 atom stereocenters. The lowest BCUT2D eigenvalue weighted by Crippen LogP contribution is -2.34. The van der Waals surface area contributed by atoms with Crippen molar-refractivity contribution < 1.29 is 9.47 Å². The van der Waals surface area contributed by atoms with Crippen molar-refractivity contribution in [1.29, 1.82) is 0 Å². The highest BCUT2D eigenvalue weighted by atomic mass is 32.2. The maximum atomic E-state index is 5.25. The largest absolute Gasteiger partial charge is 0.477 e. The Morgan fingerprint density at radius 3 is 2.92 bits per heavy atom. The van der Waals surface area contributed by atoms with Crippen molar-refractivity contribution in [2.75, 3.05) is 32.1 Å². The van der Waals surface area contributed by atoms with Gasteiger partial charge in [0.2, 0.25) is 5.90 Å². The lowest BCUT2D eigenvalue weighted by Gasteiger charge is -2.14. The lowest BCUT2D eigenvalue weighted by atomic mass is 10.5. The van der Waals surface area contributed by atoms with Crippen molar-refractivity contribution in [3.63, 3.8) is 0 Å². The Balaban J connectivity index is 1.90. The zero-order valence-corrected chi connectivity index (χ0v) is 7.97. The van der Waals surface area contributed by atoms with Crippen LogP contribution in [0, 0.1) is 0 Å². The van der Waals surface area contributed by atoms with Crippen LogP contribution in [0.3, 0.4) is 0 Å². The highest BCUT2D eigenvalue weighted by Gasteiger charge is 2.10. The van der Waals surface area contributed by atoms with Gasteiger partial charge in [-0.2, -0.15) is 0 Å². The van der Waals surface area contributed by atoms with Crippen LogP contribution in [-0.4, -0.2) is 43.2 Å². The third-order valence-corrected chi connectivity index (χ3v) is 2.42. The first-order chi connectivity index (χ1) is 6.45. The van der Waals surface area contributed by atoms with Crippen LogP contribution in [0.15, 0.2) is 10.2 Å². The molecule has 2 aliphatic heterocycles. The third kappa shape index (κ3) is 2.60. The minimum absolute atomic E-state index is 0.634. The van der Waals surface area contributed by atoms with E-state index in [2.05, 4.69) is 15.5 Å². The fourth-order valence-corrected chi connectivity index (χ4v) is 1.61. The molecule has 2 fully saturated rings. The predicted octanol–water partition coefficient (Wildman–Crippen LogP) is 0.0391. The molecule has 0 aromatic carbocycles. The van der Waals surface area contributed by atoms with Gasteiger partial charge in [-0.3, -0.25) is 0 Å². The number of hydrogen-bond acceptors (Lipinski definition) is 6. The highest BCUT2D eigenvalue weighted by molar-refractivity contribution is 8.13. The topological polar surface area (TPSA) is 55.2 Å². The lowest BCUT2D eigenvalue weighted by molar-refractivity contribution is 0.269. The van der Waals surface area contributed by atoms with E-state index in [1.165, 1.54) is 0 Å². The highest BCUT2D eigenvalue weighted by Crippen LogP contribution is 2.13. The summed E-state index contributed by atoms with van der Waals surface area (Å²) in [5.41, 5.74) is 0. The van der Waals surface area contributed by atoms with Gasteiger partial charge in [-0.05, 0) is 0 Å². The van der Waals surface area contributed by atoms with E-state index in [0.717, 1.165) is 18.9 Å². The Kier molecular flexibility index (Phi) is 3.04. The molecule has 0 aliphatic carbocycles. The van der Waals surface area contributed by atoms with Gasteiger partial charge < -0.3 is 14.8 Å². The number of rotatable bonds is 1. The fraction of sp³-hybridized carbons (Fsp3) is 0.714. The van der Waals surface area contributed by atoms with Gasteiger partial charge in [0.1, 0.15) is 13.2 Å². The van der Waals surface area contributed by atoms with E-state index in [1.807, 2.05) is 0 Å². The molecule has 0 aromatic heterocycles. The number of nitrogens with zero attached hydrogens (tertiary/aromatic N) is 2. The molecule has 0 unspecified atom stereocenters. The van der Waals surface area contributed by atoms with Crippen molar-refractivity contribution in [1.82, 2.24) is 5.32 Å². The second-order valence-electron chi connectivity index (χ2n) is 2.58. The minimum Gasteiger partial charge on any atom is -0.477 e. The molecule has 0 radical (unpaired) electrons. The first kappa shape index (κ1) is 8.83. The quantitative estimate of drug-likeness (QED) is 0.609. The standard InChI is InChI=1S/C7H11N3O2S/c1-2-11-6(5-8-1)9-10-7-12-3-4-13-7/h8H,1-5H2. The van der Waals surface area contributed by atoms with Gasteiger partial charge in [0.05, 0.1) is 6.54 Å². The van der Waals surface area contributed by atoms with Crippen LogP contribution in [0.5, 0.6) is 0 Å². The molecule has 13 heavy (non-hydrogen) atoms. The number of hydrogen-bond donors (Lipinski definition) is 1. The minimum atomic E-state index is 0.634. The van der Waals surface area contributed by atoms with Crippen LogP contribution in [0.2, 0.25) is 0 Å². The molecule has 5 nitrogen and oxygen atoms in total. The normalized spacial score (nSPS) is 28.9. The van der Waals surface area contributed by atoms with Gasteiger partial charge in [0.25, 0.3) is 5.23 Å². The van der Waals surface area contributed by atoms with Gasteiger partial charge >= 0.3 is 0 Å². The van der Waals surface area contributed by atoms with E-state index in [-0.39, 0.29) is 0 Å². The SMILES string of the molecule is C1COC(=NN=C2OCCS2)CN1. The van der Waals surface area contributed by atoms with E-state index in [4.69, 9.17) is 9.47 Å². The summed E-state index contributed by atoms with van der Waals surface area (Å²) in [4.78, 5) is 0. The molecule has 0 saturated carbocycles. The van der Waals surface area contributed by atoms with Crippen LogP contribution in [0.4, 0.5) is 0 Å². The summed E-state index contributed by atoms with van der Waals surface area (Å²) >= 11 is 1.58. The van der Waals surface area contributed by atoms with Crippen molar-refractivity contribution in [3.05, 3.63) is 0 Å². The van der Waals surface area contributed by atoms with E-state index >= 15 is 0 Å². The predicted molar refractivity (Wildman–Crippen MR) is 52.1 cm³/mol. The summed E-state index contributed by atoms with van der Waals surface area (Å²) in [5, 5.41) is 11.6. The average Bonchev–Trinajstić information content (AvgIpc) is 2.69. The second kappa shape index (κ2) is 4.48.